The van der Waals surface area contributed by atoms with E-state index in [0.717, 1.165) is 16.9 Å². The van der Waals surface area contributed by atoms with Crippen molar-refractivity contribution in [3.05, 3.63) is 42.0 Å². The molecule has 1 saturated heterocycles. The Morgan fingerprint density at radius 3 is 2.92 bits per heavy atom. The van der Waals surface area contributed by atoms with Gasteiger partial charge >= 0.3 is 0 Å². The maximum atomic E-state index is 11.6. The van der Waals surface area contributed by atoms with Crippen molar-refractivity contribution in [2.75, 3.05) is 39.1 Å². The molecule has 0 aromatic heterocycles. The predicted octanol–water partition coefficient (Wildman–Crippen LogP) is 1.39. The molecule has 1 aliphatic heterocycles. The summed E-state index contributed by atoms with van der Waals surface area (Å²) >= 11 is 0. The molecule has 0 aliphatic carbocycles. The van der Waals surface area contributed by atoms with E-state index in [9.17, 15) is 8.42 Å². The van der Waals surface area contributed by atoms with Crippen LogP contribution >= 0.6 is 0 Å². The van der Waals surface area contributed by atoms with Gasteiger partial charge in [0, 0.05) is 31.7 Å². The van der Waals surface area contributed by atoms with E-state index in [1.807, 2.05) is 31.2 Å². The van der Waals surface area contributed by atoms with Crippen LogP contribution in [0.1, 0.15) is 12.5 Å². The number of hydrogen-bond donors (Lipinski definition) is 1. The minimum Gasteiger partial charge on any atom is -0.489 e. The number of para-hydroxylation sites is 1. The molecule has 1 fully saturated rings. The zero-order valence-electron chi connectivity index (χ0n) is 14.3. The SMILES string of the molecule is C=C(C)COc1ccccc1CNCC1CN(S(C)(=O)=O)CCO1. The predicted molar refractivity (Wildman–Crippen MR) is 94.6 cm³/mol. The molecular weight excluding hydrogens is 328 g/mol. The topological polar surface area (TPSA) is 67.9 Å². The largest absolute Gasteiger partial charge is 0.489 e. The molecule has 0 radical (unpaired) electrons. The number of ether oxygens (including phenoxy) is 2. The molecule has 0 saturated carbocycles. The maximum absolute atomic E-state index is 11.6. The Kier molecular flexibility index (Phi) is 6.79. The Hall–Kier alpha value is -1.41. The van der Waals surface area contributed by atoms with Gasteiger partial charge in [0.1, 0.15) is 12.4 Å². The van der Waals surface area contributed by atoms with Gasteiger partial charge in [-0.3, -0.25) is 0 Å². The Morgan fingerprint density at radius 2 is 2.21 bits per heavy atom. The van der Waals surface area contributed by atoms with E-state index in [0.29, 0.717) is 39.4 Å². The molecule has 0 bridgehead atoms. The average Bonchev–Trinajstić information content (AvgIpc) is 2.53. The van der Waals surface area contributed by atoms with Gasteiger partial charge in [-0.2, -0.15) is 4.31 Å². The summed E-state index contributed by atoms with van der Waals surface area (Å²) in [5.74, 6) is 0.829. The molecule has 1 aromatic carbocycles. The Labute approximate surface area is 144 Å². The number of morpholine rings is 1. The summed E-state index contributed by atoms with van der Waals surface area (Å²) in [6, 6.07) is 7.84. The van der Waals surface area contributed by atoms with Gasteiger partial charge in [0.15, 0.2) is 0 Å². The lowest BCUT2D eigenvalue weighted by Gasteiger charge is -2.31. The summed E-state index contributed by atoms with van der Waals surface area (Å²) in [7, 11) is -3.16. The van der Waals surface area contributed by atoms with Crippen molar-refractivity contribution in [2.45, 2.75) is 19.6 Å². The highest BCUT2D eigenvalue weighted by atomic mass is 32.2. The molecule has 1 heterocycles. The standard InChI is InChI=1S/C17H26N2O4S/c1-14(2)13-23-17-7-5-4-6-15(17)10-18-11-16-12-19(8-9-22-16)24(3,20)21/h4-7,16,18H,1,8-13H2,2-3H3. The van der Waals surface area contributed by atoms with Crippen molar-refractivity contribution in [1.29, 1.82) is 0 Å². The summed E-state index contributed by atoms with van der Waals surface area (Å²) in [5.41, 5.74) is 2.02. The van der Waals surface area contributed by atoms with Gasteiger partial charge in [-0.05, 0) is 18.6 Å². The second-order valence-electron chi connectivity index (χ2n) is 6.10. The summed E-state index contributed by atoms with van der Waals surface area (Å²) in [6.45, 7) is 8.71. The van der Waals surface area contributed by atoms with Crippen LogP contribution in [-0.4, -0.2) is 57.9 Å². The molecule has 0 amide bonds. The van der Waals surface area contributed by atoms with Crippen molar-refractivity contribution >= 4 is 10.0 Å². The van der Waals surface area contributed by atoms with Gasteiger partial charge in [-0.15, -0.1) is 0 Å². The van der Waals surface area contributed by atoms with Crippen molar-refractivity contribution < 1.29 is 17.9 Å². The molecule has 134 valence electrons. The minimum absolute atomic E-state index is 0.142. The van der Waals surface area contributed by atoms with Gasteiger partial charge in [0.25, 0.3) is 0 Å². The van der Waals surface area contributed by atoms with Gasteiger partial charge in [0.2, 0.25) is 10.0 Å². The van der Waals surface area contributed by atoms with E-state index in [-0.39, 0.29) is 6.10 Å². The minimum atomic E-state index is -3.16. The first-order chi connectivity index (χ1) is 11.4. The van der Waals surface area contributed by atoms with Gasteiger partial charge < -0.3 is 14.8 Å². The quantitative estimate of drug-likeness (QED) is 0.715. The van der Waals surface area contributed by atoms with E-state index < -0.39 is 10.0 Å². The fourth-order valence-corrected chi connectivity index (χ4v) is 3.32. The summed E-state index contributed by atoms with van der Waals surface area (Å²) in [5, 5.41) is 3.32. The zero-order chi connectivity index (χ0) is 17.6. The van der Waals surface area contributed by atoms with Crippen LogP contribution < -0.4 is 10.1 Å². The van der Waals surface area contributed by atoms with Crippen LogP contribution in [-0.2, 0) is 21.3 Å². The van der Waals surface area contributed by atoms with Crippen molar-refractivity contribution in [3.8, 4) is 5.75 Å². The third kappa shape index (κ3) is 5.90. The fraction of sp³-hybridized carbons (Fsp3) is 0.529. The number of benzene rings is 1. The summed E-state index contributed by atoms with van der Waals surface area (Å²) in [6.07, 6.45) is 1.09. The number of rotatable bonds is 8. The smallest absolute Gasteiger partial charge is 0.211 e. The lowest BCUT2D eigenvalue weighted by Crippen LogP contribution is -2.48. The Bertz CT molecular complexity index is 660. The van der Waals surface area contributed by atoms with Gasteiger partial charge in [-0.25, -0.2) is 8.42 Å². The number of sulfonamides is 1. The summed E-state index contributed by atoms with van der Waals surface area (Å²) < 4.78 is 36.1. The van der Waals surface area contributed by atoms with Gasteiger partial charge in [0.05, 0.1) is 19.0 Å². The van der Waals surface area contributed by atoms with E-state index in [1.54, 1.807) is 0 Å². The van der Waals surface area contributed by atoms with Crippen LogP contribution in [0.4, 0.5) is 0 Å². The molecule has 1 atom stereocenters. The molecule has 1 aromatic rings. The molecule has 0 spiro atoms. The molecule has 2 rings (SSSR count). The van der Waals surface area contributed by atoms with Crippen LogP contribution in [0, 0.1) is 0 Å². The number of hydrogen-bond acceptors (Lipinski definition) is 5. The van der Waals surface area contributed by atoms with E-state index >= 15 is 0 Å². The highest BCUT2D eigenvalue weighted by molar-refractivity contribution is 7.88. The molecular formula is C17H26N2O4S. The number of nitrogens with one attached hydrogen (secondary N) is 1. The highest BCUT2D eigenvalue weighted by Crippen LogP contribution is 2.18. The lowest BCUT2D eigenvalue weighted by molar-refractivity contribution is -0.000124. The van der Waals surface area contributed by atoms with E-state index in [1.165, 1.54) is 10.6 Å². The van der Waals surface area contributed by atoms with Crippen molar-refractivity contribution in [1.82, 2.24) is 9.62 Å². The molecule has 1 aliphatic rings. The maximum Gasteiger partial charge on any atom is 0.211 e. The number of nitrogens with zero attached hydrogens (tertiary/aromatic N) is 1. The summed E-state index contributed by atoms with van der Waals surface area (Å²) in [4.78, 5) is 0. The van der Waals surface area contributed by atoms with Crippen LogP contribution in [0.2, 0.25) is 0 Å². The third-order valence-corrected chi connectivity index (χ3v) is 4.97. The highest BCUT2D eigenvalue weighted by Gasteiger charge is 2.26. The molecule has 7 heteroatoms. The zero-order valence-corrected chi connectivity index (χ0v) is 15.1. The first kappa shape index (κ1) is 18.9. The molecule has 24 heavy (non-hydrogen) atoms. The van der Waals surface area contributed by atoms with Crippen LogP contribution in [0.15, 0.2) is 36.4 Å². The molecule has 1 N–H and O–H groups in total. The first-order valence-corrected chi connectivity index (χ1v) is 9.83. The molecule has 1 unspecified atom stereocenters. The van der Waals surface area contributed by atoms with Crippen LogP contribution in [0.3, 0.4) is 0 Å². The second kappa shape index (κ2) is 8.62. The van der Waals surface area contributed by atoms with E-state index in [2.05, 4.69) is 11.9 Å². The molecule has 6 nitrogen and oxygen atoms in total. The van der Waals surface area contributed by atoms with Crippen molar-refractivity contribution in [2.24, 2.45) is 0 Å². The third-order valence-electron chi connectivity index (χ3n) is 3.70. The van der Waals surface area contributed by atoms with Gasteiger partial charge in [-0.1, -0.05) is 24.8 Å². The Morgan fingerprint density at radius 1 is 1.46 bits per heavy atom. The second-order valence-corrected chi connectivity index (χ2v) is 8.08. The lowest BCUT2D eigenvalue weighted by atomic mass is 10.2. The fourth-order valence-electron chi connectivity index (χ4n) is 2.48. The van der Waals surface area contributed by atoms with E-state index in [4.69, 9.17) is 9.47 Å². The Balaban J connectivity index is 1.85. The van der Waals surface area contributed by atoms with Crippen LogP contribution in [0.25, 0.3) is 0 Å². The monoisotopic (exact) mass is 354 g/mol. The first-order valence-electron chi connectivity index (χ1n) is 7.99. The normalized spacial score (nSPS) is 19.2. The van der Waals surface area contributed by atoms with Crippen LogP contribution in [0.5, 0.6) is 5.75 Å². The average molecular weight is 354 g/mol. The van der Waals surface area contributed by atoms with Crippen molar-refractivity contribution in [3.63, 3.8) is 0 Å².